The number of hydrogen-bond acceptors (Lipinski definition) is 5. The van der Waals surface area contributed by atoms with E-state index in [0.29, 0.717) is 29.3 Å². The number of aryl methyl sites for hydroxylation is 1. The van der Waals surface area contributed by atoms with Crippen LogP contribution in [0.5, 0.6) is 5.75 Å². The molecule has 1 aromatic heterocycles. The lowest BCUT2D eigenvalue weighted by Crippen LogP contribution is -2.59. The van der Waals surface area contributed by atoms with E-state index in [9.17, 15) is 9.59 Å². The highest BCUT2D eigenvalue weighted by Crippen LogP contribution is 2.36. The maximum absolute atomic E-state index is 13.5. The second-order valence-electron chi connectivity index (χ2n) is 11.2. The first kappa shape index (κ1) is 25.2. The van der Waals surface area contributed by atoms with Crippen LogP contribution in [0.4, 0.5) is 4.79 Å². The summed E-state index contributed by atoms with van der Waals surface area (Å²) in [5.41, 5.74) is 1.75. The minimum absolute atomic E-state index is 0.0108. The minimum Gasteiger partial charge on any atom is -0.489 e. The summed E-state index contributed by atoms with van der Waals surface area (Å²) in [5.74, 6) is 1.12. The second-order valence-corrected chi connectivity index (χ2v) is 11.2. The molecule has 2 unspecified atom stereocenters. The van der Waals surface area contributed by atoms with Crippen molar-refractivity contribution in [1.29, 1.82) is 0 Å². The average molecular weight is 505 g/mol. The van der Waals surface area contributed by atoms with E-state index in [1.165, 1.54) is 0 Å². The predicted molar refractivity (Wildman–Crippen MR) is 142 cm³/mol. The Morgan fingerprint density at radius 2 is 1.76 bits per heavy atom. The summed E-state index contributed by atoms with van der Waals surface area (Å²) in [4.78, 5) is 28.3. The largest absolute Gasteiger partial charge is 0.489 e. The fourth-order valence-corrected chi connectivity index (χ4v) is 5.68. The molecule has 0 saturated carbocycles. The summed E-state index contributed by atoms with van der Waals surface area (Å²) in [6.45, 7) is 7.94. The van der Waals surface area contributed by atoms with E-state index in [1.807, 2.05) is 81.1 Å². The molecule has 2 atom stereocenters. The van der Waals surface area contributed by atoms with Gasteiger partial charge in [-0.2, -0.15) is 0 Å². The van der Waals surface area contributed by atoms with Gasteiger partial charge in [-0.3, -0.25) is 4.79 Å². The Labute approximate surface area is 218 Å². The standard InChI is InChI=1S/C30H36N2O5/c1-19-27(25-17-24(13-14-26(25)36-19)35-18-20-9-6-5-7-10-20)28(33)31-21-15-22-11-8-12-23(16-21)32(22)29(34)37-30(2,3)4/h5-7,9-10,13-14,17,21-23H,8,11-12,15-16,18H2,1-4H3,(H,31,33). The molecule has 0 aliphatic carbocycles. The Morgan fingerprint density at radius 3 is 2.43 bits per heavy atom. The highest BCUT2D eigenvalue weighted by Gasteiger charge is 2.43. The third kappa shape index (κ3) is 5.60. The van der Waals surface area contributed by atoms with Crippen molar-refractivity contribution in [1.82, 2.24) is 10.2 Å². The third-order valence-electron chi connectivity index (χ3n) is 7.23. The fraction of sp³-hybridized carbons (Fsp3) is 0.467. The highest BCUT2D eigenvalue weighted by molar-refractivity contribution is 6.07. The lowest BCUT2D eigenvalue weighted by atomic mass is 9.82. The van der Waals surface area contributed by atoms with E-state index in [-0.39, 0.29) is 30.1 Å². The van der Waals surface area contributed by atoms with Gasteiger partial charge in [0.15, 0.2) is 0 Å². The van der Waals surface area contributed by atoms with E-state index >= 15 is 0 Å². The van der Waals surface area contributed by atoms with E-state index < -0.39 is 5.60 Å². The molecule has 7 heteroatoms. The number of amides is 2. The number of benzene rings is 2. The molecule has 7 nitrogen and oxygen atoms in total. The second kappa shape index (κ2) is 10.1. The monoisotopic (exact) mass is 504 g/mol. The molecule has 196 valence electrons. The number of furan rings is 1. The van der Waals surface area contributed by atoms with E-state index in [1.54, 1.807) is 0 Å². The Morgan fingerprint density at radius 1 is 1.05 bits per heavy atom. The van der Waals surface area contributed by atoms with Gasteiger partial charge < -0.3 is 24.1 Å². The summed E-state index contributed by atoms with van der Waals surface area (Å²) in [6.07, 6.45) is 4.15. The van der Waals surface area contributed by atoms with Gasteiger partial charge >= 0.3 is 6.09 Å². The summed E-state index contributed by atoms with van der Waals surface area (Å²) in [6, 6.07) is 15.7. The number of fused-ring (bicyclic) bond motifs is 3. The molecule has 1 N–H and O–H groups in total. The van der Waals surface area contributed by atoms with Gasteiger partial charge in [0, 0.05) is 23.5 Å². The Kier molecular flexibility index (Phi) is 6.88. The van der Waals surface area contributed by atoms with Crippen molar-refractivity contribution in [2.75, 3.05) is 0 Å². The molecular formula is C30H36N2O5. The fourth-order valence-electron chi connectivity index (χ4n) is 5.68. The van der Waals surface area contributed by atoms with E-state index in [0.717, 1.165) is 43.1 Å². The quantitative estimate of drug-likeness (QED) is 0.437. The predicted octanol–water partition coefficient (Wildman–Crippen LogP) is 6.37. The summed E-state index contributed by atoms with van der Waals surface area (Å²) >= 11 is 0. The Hall–Kier alpha value is -3.48. The molecule has 2 aliphatic heterocycles. The third-order valence-corrected chi connectivity index (χ3v) is 7.23. The molecule has 2 amide bonds. The zero-order chi connectivity index (χ0) is 26.2. The molecule has 3 aromatic rings. The van der Waals surface area contributed by atoms with Gasteiger partial charge in [-0.1, -0.05) is 30.3 Å². The molecule has 3 heterocycles. The van der Waals surface area contributed by atoms with Crippen LogP contribution in [-0.2, 0) is 11.3 Å². The van der Waals surface area contributed by atoms with Crippen LogP contribution < -0.4 is 10.1 Å². The van der Waals surface area contributed by atoms with Crippen LogP contribution >= 0.6 is 0 Å². The first-order valence-electron chi connectivity index (χ1n) is 13.2. The molecule has 2 bridgehead atoms. The average Bonchev–Trinajstić information content (AvgIpc) is 3.16. The van der Waals surface area contributed by atoms with Crippen molar-refractivity contribution >= 4 is 23.0 Å². The van der Waals surface area contributed by atoms with Crippen LogP contribution in [0.1, 0.15) is 74.6 Å². The number of rotatable bonds is 5. The van der Waals surface area contributed by atoms with Crippen molar-refractivity contribution in [3.05, 3.63) is 65.4 Å². The highest BCUT2D eigenvalue weighted by atomic mass is 16.6. The van der Waals surface area contributed by atoms with Gasteiger partial charge in [-0.25, -0.2) is 4.79 Å². The maximum Gasteiger partial charge on any atom is 0.410 e. The molecule has 37 heavy (non-hydrogen) atoms. The van der Waals surface area contributed by atoms with Gasteiger partial charge in [0.2, 0.25) is 0 Å². The van der Waals surface area contributed by atoms with Gasteiger partial charge in [-0.15, -0.1) is 0 Å². The molecule has 2 fully saturated rings. The first-order chi connectivity index (χ1) is 17.7. The number of carbonyl (C=O) groups excluding carboxylic acids is 2. The molecule has 5 rings (SSSR count). The molecule has 2 aromatic carbocycles. The molecule has 0 radical (unpaired) electrons. The lowest BCUT2D eigenvalue weighted by Gasteiger charge is -2.48. The van der Waals surface area contributed by atoms with Gasteiger partial charge in [0.1, 0.15) is 29.3 Å². The molecule has 2 aliphatic rings. The smallest absolute Gasteiger partial charge is 0.410 e. The summed E-state index contributed by atoms with van der Waals surface area (Å²) < 4.78 is 17.6. The SMILES string of the molecule is Cc1oc2ccc(OCc3ccccc3)cc2c1C(=O)NC1CC2CCCC(C1)N2C(=O)OC(C)(C)C. The van der Waals surface area contributed by atoms with Gasteiger partial charge in [0.25, 0.3) is 5.91 Å². The number of nitrogens with one attached hydrogen (secondary N) is 1. The zero-order valence-electron chi connectivity index (χ0n) is 22.1. The maximum atomic E-state index is 13.5. The topological polar surface area (TPSA) is 81.0 Å². The van der Waals surface area contributed by atoms with Crippen LogP contribution in [0.3, 0.4) is 0 Å². The van der Waals surface area contributed by atoms with Crippen LogP contribution in [0.25, 0.3) is 11.0 Å². The number of piperidine rings is 2. The van der Waals surface area contributed by atoms with Crippen LogP contribution in [0.15, 0.2) is 52.9 Å². The molecular weight excluding hydrogens is 468 g/mol. The summed E-state index contributed by atoms with van der Waals surface area (Å²) in [7, 11) is 0. The minimum atomic E-state index is -0.528. The van der Waals surface area contributed by atoms with E-state index in [4.69, 9.17) is 13.9 Å². The van der Waals surface area contributed by atoms with Crippen molar-refractivity contribution in [2.24, 2.45) is 0 Å². The number of carbonyl (C=O) groups is 2. The Bertz CT molecular complexity index is 1260. The summed E-state index contributed by atoms with van der Waals surface area (Å²) in [5, 5.41) is 3.99. The number of hydrogen-bond donors (Lipinski definition) is 1. The van der Waals surface area contributed by atoms with Gasteiger partial charge in [-0.05, 0) is 83.6 Å². The number of nitrogens with zero attached hydrogens (tertiary/aromatic N) is 1. The Balaban J connectivity index is 1.29. The van der Waals surface area contributed by atoms with Crippen molar-refractivity contribution in [3.8, 4) is 5.75 Å². The molecule has 2 saturated heterocycles. The first-order valence-corrected chi connectivity index (χ1v) is 13.2. The van der Waals surface area contributed by atoms with Crippen LogP contribution in [-0.4, -0.2) is 40.6 Å². The molecule has 0 spiro atoms. The van der Waals surface area contributed by atoms with Gasteiger partial charge in [0.05, 0.1) is 5.56 Å². The van der Waals surface area contributed by atoms with Crippen molar-refractivity contribution < 1.29 is 23.5 Å². The normalized spacial score (nSPS) is 21.5. The van der Waals surface area contributed by atoms with Crippen LogP contribution in [0.2, 0.25) is 0 Å². The zero-order valence-corrected chi connectivity index (χ0v) is 22.1. The van der Waals surface area contributed by atoms with Crippen LogP contribution in [0, 0.1) is 6.92 Å². The lowest BCUT2D eigenvalue weighted by molar-refractivity contribution is -0.0229. The number of ether oxygens (including phenoxy) is 2. The van der Waals surface area contributed by atoms with E-state index in [2.05, 4.69) is 5.32 Å². The van der Waals surface area contributed by atoms with Crippen molar-refractivity contribution in [3.63, 3.8) is 0 Å². The van der Waals surface area contributed by atoms with Crippen molar-refractivity contribution in [2.45, 2.75) is 90.1 Å².